The minimum absolute atomic E-state index is 0.0395. The van der Waals surface area contributed by atoms with Crippen molar-refractivity contribution in [1.82, 2.24) is 9.88 Å². The second-order valence-electron chi connectivity index (χ2n) is 8.21. The first-order chi connectivity index (χ1) is 13.6. The molecule has 1 amide bonds. The lowest BCUT2D eigenvalue weighted by molar-refractivity contribution is 0.0567. The number of rotatable bonds is 4. The molecule has 0 radical (unpaired) electrons. The van der Waals surface area contributed by atoms with Crippen LogP contribution in [0.25, 0.3) is 10.9 Å². The summed E-state index contributed by atoms with van der Waals surface area (Å²) in [6, 6.07) is 18.2. The maximum Gasteiger partial charge on any atom is 0.272 e. The van der Waals surface area contributed by atoms with Gasteiger partial charge < -0.3 is 15.0 Å². The van der Waals surface area contributed by atoms with Crippen molar-refractivity contribution in [3.63, 3.8) is 0 Å². The number of hydrogen-bond donors (Lipinski definition) is 2. The van der Waals surface area contributed by atoms with Crippen molar-refractivity contribution in [2.24, 2.45) is 5.41 Å². The molecule has 0 saturated carbocycles. The molecule has 0 spiro atoms. The van der Waals surface area contributed by atoms with Crippen LogP contribution in [0.4, 0.5) is 0 Å². The molecule has 2 fully saturated rings. The smallest absolute Gasteiger partial charge is 0.272 e. The van der Waals surface area contributed by atoms with Crippen LogP contribution in [0.3, 0.4) is 0 Å². The molecule has 5 heteroatoms. The molecule has 2 aliphatic heterocycles. The monoisotopic (exact) mass is 394 g/mol. The fraction of sp³-hybridized carbons (Fsp3) is 0.348. The Kier molecular flexibility index (Phi) is 4.22. The number of carbonyl (C=O) groups excluding carboxylic acids is 1. The molecule has 3 atom stereocenters. The molecule has 144 valence electrons. The van der Waals surface area contributed by atoms with Gasteiger partial charge in [0.05, 0.1) is 11.6 Å². The minimum Gasteiger partial charge on any atom is -0.396 e. The van der Waals surface area contributed by atoms with Gasteiger partial charge in [0.1, 0.15) is 5.69 Å². The highest BCUT2D eigenvalue weighted by molar-refractivity contribution is 6.38. The second kappa shape index (κ2) is 6.64. The van der Waals surface area contributed by atoms with Gasteiger partial charge >= 0.3 is 0 Å². The first-order valence-electron chi connectivity index (χ1n) is 9.87. The summed E-state index contributed by atoms with van der Waals surface area (Å²) in [6.45, 7) is 0.0906. The van der Waals surface area contributed by atoms with Gasteiger partial charge in [-0.25, -0.2) is 0 Å². The zero-order valence-electron chi connectivity index (χ0n) is 15.6. The lowest BCUT2D eigenvalue weighted by Crippen LogP contribution is -2.44. The van der Waals surface area contributed by atoms with Crippen molar-refractivity contribution in [2.75, 3.05) is 6.61 Å². The molecule has 3 aromatic rings. The Bertz CT molecular complexity index is 1030. The fourth-order valence-corrected chi connectivity index (χ4v) is 5.69. The highest BCUT2D eigenvalue weighted by Crippen LogP contribution is 2.52. The van der Waals surface area contributed by atoms with E-state index in [-0.39, 0.29) is 30.0 Å². The molecule has 1 aromatic heterocycles. The summed E-state index contributed by atoms with van der Waals surface area (Å²) in [5.41, 5.74) is 2.27. The molecular formula is C23H23ClN2O2. The number of benzene rings is 2. The predicted octanol–water partition coefficient (Wildman–Crippen LogP) is 4.42. The van der Waals surface area contributed by atoms with E-state index >= 15 is 0 Å². The third kappa shape index (κ3) is 2.59. The lowest BCUT2D eigenvalue weighted by Gasteiger charge is -2.36. The molecule has 28 heavy (non-hydrogen) atoms. The number of nitrogens with one attached hydrogen (secondary N) is 1. The van der Waals surface area contributed by atoms with E-state index in [9.17, 15) is 9.90 Å². The standard InChI is InChI=1S/C23H23ClN2O2/c24-20-17-8-4-5-9-18(17)25-21(20)22(28)26-16-10-11-19(26)23(13-16,14-27)12-15-6-2-1-3-7-15/h1-9,16,19,25,27H,10-14H2/t16-,19+,23-/m1/s1. The van der Waals surface area contributed by atoms with Crippen LogP contribution in [0.2, 0.25) is 5.02 Å². The molecule has 3 heterocycles. The fourth-order valence-electron chi connectivity index (χ4n) is 5.40. The van der Waals surface area contributed by atoms with Gasteiger partial charge in [-0.05, 0) is 37.3 Å². The molecule has 0 unspecified atom stereocenters. The maximum absolute atomic E-state index is 13.5. The summed E-state index contributed by atoms with van der Waals surface area (Å²) in [5.74, 6) is -0.0444. The second-order valence-corrected chi connectivity index (χ2v) is 8.58. The van der Waals surface area contributed by atoms with Gasteiger partial charge in [-0.3, -0.25) is 4.79 Å². The van der Waals surface area contributed by atoms with E-state index in [1.54, 1.807) is 0 Å². The van der Waals surface area contributed by atoms with Crippen molar-refractivity contribution in [1.29, 1.82) is 0 Å². The van der Waals surface area contributed by atoms with Crippen molar-refractivity contribution < 1.29 is 9.90 Å². The summed E-state index contributed by atoms with van der Waals surface area (Å²) >= 11 is 6.55. The maximum atomic E-state index is 13.5. The van der Waals surface area contributed by atoms with E-state index in [0.717, 1.165) is 36.6 Å². The Labute approximate surface area is 169 Å². The molecular weight excluding hydrogens is 372 g/mol. The van der Waals surface area contributed by atoms with Gasteiger partial charge in [-0.2, -0.15) is 0 Å². The minimum atomic E-state index is -0.279. The van der Waals surface area contributed by atoms with Crippen molar-refractivity contribution in [2.45, 2.75) is 37.8 Å². The van der Waals surface area contributed by atoms with Crippen molar-refractivity contribution in [3.8, 4) is 0 Å². The summed E-state index contributed by atoms with van der Waals surface area (Å²) in [7, 11) is 0. The molecule has 4 nitrogen and oxygen atoms in total. The number of carbonyl (C=O) groups is 1. The average Bonchev–Trinajstić information content (AvgIpc) is 3.38. The van der Waals surface area contributed by atoms with E-state index in [1.807, 2.05) is 47.4 Å². The van der Waals surface area contributed by atoms with Gasteiger partial charge in [-0.1, -0.05) is 60.1 Å². The number of nitrogens with zero attached hydrogens (tertiary/aromatic N) is 1. The van der Waals surface area contributed by atoms with Crippen LogP contribution < -0.4 is 0 Å². The van der Waals surface area contributed by atoms with Crippen LogP contribution in [0.5, 0.6) is 0 Å². The number of aliphatic hydroxyl groups excluding tert-OH is 1. The van der Waals surface area contributed by atoms with E-state index < -0.39 is 0 Å². The van der Waals surface area contributed by atoms with Crippen LogP contribution in [0, 0.1) is 5.41 Å². The number of para-hydroxylation sites is 1. The van der Waals surface area contributed by atoms with Gasteiger partial charge in [0, 0.05) is 28.4 Å². The van der Waals surface area contributed by atoms with Crippen molar-refractivity contribution in [3.05, 3.63) is 70.9 Å². The van der Waals surface area contributed by atoms with Crippen LogP contribution in [0.1, 0.15) is 35.3 Å². The Morgan fingerprint density at radius 1 is 1.14 bits per heavy atom. The largest absolute Gasteiger partial charge is 0.396 e. The van der Waals surface area contributed by atoms with E-state index in [0.29, 0.717) is 10.7 Å². The third-order valence-electron chi connectivity index (χ3n) is 6.66. The highest BCUT2D eigenvalue weighted by Gasteiger charge is 2.57. The van der Waals surface area contributed by atoms with Gasteiger partial charge in [0.15, 0.2) is 0 Å². The Morgan fingerprint density at radius 2 is 1.89 bits per heavy atom. The number of amides is 1. The zero-order chi connectivity index (χ0) is 19.3. The topological polar surface area (TPSA) is 56.3 Å². The number of H-pyrrole nitrogens is 1. The summed E-state index contributed by atoms with van der Waals surface area (Å²) in [4.78, 5) is 18.7. The Hall–Kier alpha value is -2.30. The highest BCUT2D eigenvalue weighted by atomic mass is 35.5. The molecule has 2 saturated heterocycles. The third-order valence-corrected chi connectivity index (χ3v) is 7.05. The first-order valence-corrected chi connectivity index (χ1v) is 10.2. The normalized spacial score (nSPS) is 26.3. The molecule has 2 aromatic carbocycles. The van der Waals surface area contributed by atoms with Crippen LogP contribution in [0.15, 0.2) is 54.6 Å². The van der Waals surface area contributed by atoms with Gasteiger partial charge in [0.2, 0.25) is 0 Å². The zero-order valence-corrected chi connectivity index (χ0v) is 16.3. The molecule has 2 N–H and O–H groups in total. The Morgan fingerprint density at radius 3 is 2.64 bits per heavy atom. The van der Waals surface area contributed by atoms with Crippen LogP contribution in [-0.2, 0) is 6.42 Å². The Balaban J connectivity index is 1.49. The summed E-state index contributed by atoms with van der Waals surface area (Å²) in [6.07, 6.45) is 3.55. The number of halogens is 1. The summed E-state index contributed by atoms with van der Waals surface area (Å²) < 4.78 is 0. The summed E-state index contributed by atoms with van der Waals surface area (Å²) in [5, 5.41) is 11.7. The average molecular weight is 395 g/mol. The number of hydrogen-bond acceptors (Lipinski definition) is 2. The number of aromatic amines is 1. The van der Waals surface area contributed by atoms with E-state index in [1.165, 1.54) is 5.56 Å². The molecule has 2 aliphatic rings. The van der Waals surface area contributed by atoms with E-state index in [2.05, 4.69) is 17.1 Å². The molecule has 5 rings (SSSR count). The number of aliphatic hydroxyl groups is 1. The SMILES string of the molecule is O=C(c1[nH]c2ccccc2c1Cl)N1[C@@H]2CC[C@H]1[C@](CO)(Cc1ccccc1)C2. The first kappa shape index (κ1) is 17.8. The number of aromatic nitrogens is 1. The predicted molar refractivity (Wildman–Crippen MR) is 111 cm³/mol. The number of fused-ring (bicyclic) bond motifs is 3. The van der Waals surface area contributed by atoms with Gasteiger partial charge in [0.25, 0.3) is 5.91 Å². The molecule has 0 aliphatic carbocycles. The lowest BCUT2D eigenvalue weighted by atomic mass is 9.70. The quantitative estimate of drug-likeness (QED) is 0.688. The molecule has 2 bridgehead atoms. The van der Waals surface area contributed by atoms with Crippen molar-refractivity contribution >= 4 is 28.4 Å². The van der Waals surface area contributed by atoms with Gasteiger partial charge in [-0.15, -0.1) is 0 Å². The van der Waals surface area contributed by atoms with Crippen LogP contribution in [-0.4, -0.2) is 39.6 Å². The van der Waals surface area contributed by atoms with Crippen LogP contribution >= 0.6 is 11.6 Å². The van der Waals surface area contributed by atoms with E-state index in [4.69, 9.17) is 11.6 Å².